The summed E-state index contributed by atoms with van der Waals surface area (Å²) in [5.74, 6) is -0.550. The monoisotopic (exact) mass is 445 g/mol. The zero-order valence-electron chi connectivity index (χ0n) is 13.5. The van der Waals surface area contributed by atoms with E-state index in [1.807, 2.05) is 12.1 Å². The Morgan fingerprint density at radius 2 is 2.07 bits per heavy atom. The van der Waals surface area contributed by atoms with Crippen molar-refractivity contribution in [1.82, 2.24) is 9.97 Å². The molecule has 3 rings (SSSR count). The van der Waals surface area contributed by atoms with E-state index in [-0.39, 0.29) is 22.2 Å². The highest BCUT2D eigenvalue weighted by atomic mass is 79.9. The molecule has 0 radical (unpaired) electrons. The second kappa shape index (κ2) is 8.12. The van der Waals surface area contributed by atoms with Crippen molar-refractivity contribution in [2.75, 3.05) is 5.43 Å². The Kier molecular flexibility index (Phi) is 5.64. The third-order valence-corrected chi connectivity index (χ3v) is 4.71. The van der Waals surface area contributed by atoms with E-state index in [0.29, 0.717) is 15.6 Å². The molecule has 0 aliphatic rings. The molecule has 1 aromatic heterocycles. The van der Waals surface area contributed by atoms with Gasteiger partial charge in [-0.25, -0.2) is 14.8 Å². The summed E-state index contributed by atoms with van der Waals surface area (Å²) in [5.41, 5.74) is 3.18. The molecule has 0 aliphatic carbocycles. The van der Waals surface area contributed by atoms with Crippen molar-refractivity contribution in [2.45, 2.75) is 0 Å². The number of hydrazone groups is 1. The molecule has 0 amide bonds. The van der Waals surface area contributed by atoms with E-state index in [2.05, 4.69) is 36.4 Å². The lowest BCUT2D eigenvalue weighted by atomic mass is 10.1. The van der Waals surface area contributed by atoms with Crippen LogP contribution in [0.3, 0.4) is 0 Å². The van der Waals surface area contributed by atoms with E-state index in [1.165, 1.54) is 12.3 Å². The summed E-state index contributed by atoms with van der Waals surface area (Å²) in [6.45, 7) is 0. The predicted octanol–water partition coefficient (Wildman–Crippen LogP) is 4.31. The van der Waals surface area contributed by atoms with Crippen molar-refractivity contribution in [3.63, 3.8) is 0 Å². The van der Waals surface area contributed by atoms with Crippen molar-refractivity contribution < 1.29 is 4.39 Å². The fourth-order valence-corrected chi connectivity index (χ4v) is 2.82. The molecule has 134 valence electrons. The third kappa shape index (κ3) is 4.22. The summed E-state index contributed by atoms with van der Waals surface area (Å²) in [6.07, 6.45) is 1.34. The number of hydrogen-bond donors (Lipinski definition) is 2. The Morgan fingerprint density at radius 1 is 1.33 bits per heavy atom. The molecule has 0 spiro atoms. The van der Waals surface area contributed by atoms with Crippen molar-refractivity contribution in [3.8, 4) is 17.3 Å². The number of H-pyrrole nitrogens is 1. The van der Waals surface area contributed by atoms with Crippen molar-refractivity contribution in [3.05, 3.63) is 79.3 Å². The molecule has 0 atom stereocenters. The molecule has 0 aliphatic heterocycles. The summed E-state index contributed by atoms with van der Waals surface area (Å²) in [7, 11) is 0. The van der Waals surface area contributed by atoms with E-state index >= 15 is 0 Å². The second-order valence-electron chi connectivity index (χ2n) is 5.28. The molecule has 0 fully saturated rings. The Hall–Kier alpha value is -3.02. The number of nitriles is 1. The highest BCUT2D eigenvalue weighted by Crippen LogP contribution is 2.26. The average Bonchev–Trinajstić information content (AvgIpc) is 2.66. The molecule has 0 bridgehead atoms. The number of rotatable bonds is 4. The smallest absolute Gasteiger partial charge is 0.270 e. The fraction of sp³-hybridized carbons (Fsp3) is 0. The van der Waals surface area contributed by atoms with E-state index in [9.17, 15) is 14.4 Å². The number of halogens is 3. The minimum absolute atomic E-state index is 0.0225. The molecular weight excluding hydrogens is 437 g/mol. The number of aromatic amines is 1. The lowest BCUT2D eigenvalue weighted by molar-refractivity contribution is 0.627. The first-order valence-electron chi connectivity index (χ1n) is 7.53. The molecule has 0 unspecified atom stereocenters. The number of aromatic nitrogens is 2. The summed E-state index contributed by atoms with van der Waals surface area (Å²) in [5, 5.41) is 13.2. The van der Waals surface area contributed by atoms with Gasteiger partial charge in [-0.1, -0.05) is 41.9 Å². The molecular formula is C18H10BrClFN5O. The van der Waals surface area contributed by atoms with Crippen molar-refractivity contribution in [2.24, 2.45) is 5.10 Å². The fourth-order valence-electron chi connectivity index (χ4n) is 2.25. The SMILES string of the molecule is N#Cc1c(-c2ccccc2)nc(NN=Cc2cc(F)c(Cl)c(Br)c2)[nH]c1=O. The first-order valence-corrected chi connectivity index (χ1v) is 8.70. The van der Waals surface area contributed by atoms with Crippen molar-refractivity contribution >= 4 is 39.7 Å². The second-order valence-corrected chi connectivity index (χ2v) is 6.52. The first-order chi connectivity index (χ1) is 13.0. The molecule has 3 aromatic rings. The molecule has 2 aromatic carbocycles. The first kappa shape index (κ1) is 18.8. The molecule has 9 heteroatoms. The predicted molar refractivity (Wildman–Crippen MR) is 105 cm³/mol. The van der Waals surface area contributed by atoms with Gasteiger partial charge < -0.3 is 0 Å². The number of benzene rings is 2. The van der Waals surface area contributed by atoms with Crippen LogP contribution in [0.15, 0.2) is 56.8 Å². The van der Waals surface area contributed by atoms with Gasteiger partial charge in [-0.3, -0.25) is 9.78 Å². The van der Waals surface area contributed by atoms with Crippen LogP contribution in [0.4, 0.5) is 10.3 Å². The average molecular weight is 447 g/mol. The number of nitrogens with one attached hydrogen (secondary N) is 2. The van der Waals surface area contributed by atoms with Gasteiger partial charge in [0.05, 0.1) is 16.9 Å². The Bertz CT molecular complexity index is 1100. The highest BCUT2D eigenvalue weighted by molar-refractivity contribution is 9.10. The molecule has 6 nitrogen and oxygen atoms in total. The number of hydrogen-bond acceptors (Lipinski definition) is 5. The van der Waals surface area contributed by atoms with Crippen LogP contribution >= 0.6 is 27.5 Å². The van der Waals surface area contributed by atoms with Gasteiger partial charge in [0.1, 0.15) is 17.4 Å². The highest BCUT2D eigenvalue weighted by Gasteiger charge is 2.13. The molecule has 0 saturated carbocycles. The lowest BCUT2D eigenvalue weighted by Gasteiger charge is -2.06. The van der Waals surface area contributed by atoms with Crippen LogP contribution in [0.25, 0.3) is 11.3 Å². The summed E-state index contributed by atoms with van der Waals surface area (Å²) in [4.78, 5) is 18.8. The van der Waals surface area contributed by atoms with Gasteiger partial charge in [-0.05, 0) is 33.6 Å². The Morgan fingerprint density at radius 3 is 2.74 bits per heavy atom. The minimum Gasteiger partial charge on any atom is -0.290 e. The summed E-state index contributed by atoms with van der Waals surface area (Å²) < 4.78 is 14.0. The van der Waals surface area contributed by atoms with Crippen LogP contribution in [0.5, 0.6) is 0 Å². The van der Waals surface area contributed by atoms with Gasteiger partial charge in [0, 0.05) is 10.0 Å². The zero-order chi connectivity index (χ0) is 19.4. The van der Waals surface area contributed by atoms with E-state index in [4.69, 9.17) is 11.6 Å². The van der Waals surface area contributed by atoms with Crippen LogP contribution in [0.2, 0.25) is 5.02 Å². The standard InChI is InChI=1S/C18H10BrClFN5O/c19-13-6-10(7-14(21)15(13)20)9-23-26-18-24-16(11-4-2-1-3-5-11)12(8-22)17(27)25-18/h1-7,9H,(H2,24,25,26,27). The number of nitrogens with zero attached hydrogens (tertiary/aromatic N) is 3. The van der Waals surface area contributed by atoms with Crippen molar-refractivity contribution in [1.29, 1.82) is 5.26 Å². The van der Waals surface area contributed by atoms with E-state index in [0.717, 1.165) is 0 Å². The van der Waals surface area contributed by atoms with Crippen LogP contribution in [0, 0.1) is 17.1 Å². The summed E-state index contributed by atoms with van der Waals surface area (Å²) in [6, 6.07) is 13.5. The molecule has 27 heavy (non-hydrogen) atoms. The van der Waals surface area contributed by atoms with Crippen LogP contribution in [-0.4, -0.2) is 16.2 Å². The molecule has 1 heterocycles. The Balaban J connectivity index is 1.91. The van der Waals surface area contributed by atoms with E-state index in [1.54, 1.807) is 30.3 Å². The quantitative estimate of drug-likeness (QED) is 0.355. The maximum absolute atomic E-state index is 13.6. The van der Waals surface area contributed by atoms with Gasteiger partial charge in [0.2, 0.25) is 5.95 Å². The van der Waals surface area contributed by atoms with Gasteiger partial charge in [-0.2, -0.15) is 10.4 Å². The topological polar surface area (TPSA) is 93.9 Å². The maximum atomic E-state index is 13.6. The minimum atomic E-state index is -0.594. The zero-order valence-corrected chi connectivity index (χ0v) is 15.8. The number of anilines is 1. The normalized spacial score (nSPS) is 10.7. The maximum Gasteiger partial charge on any atom is 0.270 e. The van der Waals surface area contributed by atoms with Gasteiger partial charge in [-0.15, -0.1) is 0 Å². The van der Waals surface area contributed by atoms with Crippen LogP contribution in [-0.2, 0) is 0 Å². The molecule has 2 N–H and O–H groups in total. The largest absolute Gasteiger partial charge is 0.290 e. The van der Waals surface area contributed by atoms with Crippen LogP contribution < -0.4 is 11.0 Å². The third-order valence-electron chi connectivity index (χ3n) is 3.47. The van der Waals surface area contributed by atoms with Gasteiger partial charge in [0.15, 0.2) is 0 Å². The van der Waals surface area contributed by atoms with Crippen LogP contribution in [0.1, 0.15) is 11.1 Å². The molecule has 0 saturated heterocycles. The van der Waals surface area contributed by atoms with E-state index < -0.39 is 11.4 Å². The van der Waals surface area contributed by atoms with Gasteiger partial charge >= 0.3 is 0 Å². The Labute approximate surface area is 166 Å². The van der Waals surface area contributed by atoms with Gasteiger partial charge in [0.25, 0.3) is 5.56 Å². The lowest BCUT2D eigenvalue weighted by Crippen LogP contribution is -2.16. The summed E-state index contributed by atoms with van der Waals surface area (Å²) >= 11 is 8.89.